The second kappa shape index (κ2) is 7.46. The minimum Gasteiger partial charge on any atom is -0.335 e. The average molecular weight is 379 g/mol. The van der Waals surface area contributed by atoms with Crippen molar-refractivity contribution in [2.45, 2.75) is 31.7 Å². The molecule has 2 N–H and O–H groups in total. The Morgan fingerprint density at radius 1 is 1.18 bits per heavy atom. The summed E-state index contributed by atoms with van der Waals surface area (Å²) in [5.74, 6) is -0.179. The van der Waals surface area contributed by atoms with Crippen LogP contribution in [0.3, 0.4) is 0 Å². The Morgan fingerprint density at radius 3 is 2.68 bits per heavy atom. The van der Waals surface area contributed by atoms with E-state index in [9.17, 15) is 14.0 Å². The number of anilines is 2. The summed E-state index contributed by atoms with van der Waals surface area (Å²) in [7, 11) is 1.75. The number of halogens is 1. The van der Waals surface area contributed by atoms with Gasteiger partial charge in [0, 0.05) is 24.5 Å². The molecule has 1 aliphatic carbocycles. The molecule has 0 spiro atoms. The molecular weight excluding hydrogens is 357 g/mol. The van der Waals surface area contributed by atoms with Crippen LogP contribution in [0.25, 0.3) is 5.57 Å². The Morgan fingerprint density at radius 2 is 1.96 bits per heavy atom. The SMILES string of the molecule is CN1C(=O)Cc2cc(NC(=O)NC3CC=C(c4ccc(F)cc4)CC3)ccc21. The van der Waals surface area contributed by atoms with Crippen molar-refractivity contribution < 1.29 is 14.0 Å². The van der Waals surface area contributed by atoms with Gasteiger partial charge >= 0.3 is 6.03 Å². The van der Waals surface area contributed by atoms with Crippen LogP contribution in [0, 0.1) is 5.82 Å². The van der Waals surface area contributed by atoms with E-state index < -0.39 is 0 Å². The third-order valence-corrected chi connectivity index (χ3v) is 5.38. The summed E-state index contributed by atoms with van der Waals surface area (Å²) in [5.41, 5.74) is 4.71. The molecule has 1 unspecified atom stereocenters. The van der Waals surface area contributed by atoms with Crippen LogP contribution < -0.4 is 15.5 Å². The van der Waals surface area contributed by atoms with Gasteiger partial charge in [0.15, 0.2) is 0 Å². The van der Waals surface area contributed by atoms with Gasteiger partial charge in [0.2, 0.25) is 5.91 Å². The van der Waals surface area contributed by atoms with Crippen molar-refractivity contribution in [2.24, 2.45) is 0 Å². The van der Waals surface area contributed by atoms with Gasteiger partial charge in [-0.05, 0) is 66.3 Å². The molecular formula is C22H22FN3O2. The molecule has 4 rings (SSSR count). The van der Waals surface area contributed by atoms with E-state index in [1.165, 1.54) is 17.7 Å². The third-order valence-electron chi connectivity index (χ3n) is 5.38. The van der Waals surface area contributed by atoms with Gasteiger partial charge in [0.05, 0.1) is 6.42 Å². The van der Waals surface area contributed by atoms with Gasteiger partial charge in [-0.3, -0.25) is 4.79 Å². The molecule has 5 nitrogen and oxygen atoms in total. The number of rotatable bonds is 3. The standard InChI is InChI=1S/C22H22FN3O2/c1-26-20-11-10-19(12-16(20)13-21(26)27)25-22(28)24-18-8-4-15(5-9-18)14-2-6-17(23)7-3-14/h2-4,6-7,10-12,18H,5,8-9,13H2,1H3,(H2,24,25,28). The van der Waals surface area contributed by atoms with Gasteiger partial charge in [0.1, 0.15) is 5.82 Å². The van der Waals surface area contributed by atoms with Gasteiger partial charge in [-0.1, -0.05) is 18.2 Å². The van der Waals surface area contributed by atoms with Crippen LogP contribution in [0.2, 0.25) is 0 Å². The molecule has 0 radical (unpaired) electrons. The summed E-state index contributed by atoms with van der Waals surface area (Å²) in [6.45, 7) is 0. The van der Waals surface area contributed by atoms with Crippen LogP contribution in [0.5, 0.6) is 0 Å². The number of carbonyl (C=O) groups excluding carboxylic acids is 2. The van der Waals surface area contributed by atoms with Crippen molar-refractivity contribution >= 4 is 28.9 Å². The molecule has 0 aromatic heterocycles. The number of allylic oxidation sites excluding steroid dienone is 1. The first-order chi connectivity index (χ1) is 13.5. The van der Waals surface area contributed by atoms with Gasteiger partial charge in [-0.15, -0.1) is 0 Å². The summed E-state index contributed by atoms with van der Waals surface area (Å²) in [4.78, 5) is 25.7. The fourth-order valence-corrected chi connectivity index (χ4v) is 3.79. The zero-order valence-corrected chi connectivity index (χ0v) is 15.7. The minimum absolute atomic E-state index is 0.0579. The number of hydrogen-bond acceptors (Lipinski definition) is 2. The molecule has 3 amide bonds. The number of urea groups is 1. The average Bonchev–Trinajstić information content (AvgIpc) is 2.96. The number of carbonyl (C=O) groups is 2. The fourth-order valence-electron chi connectivity index (χ4n) is 3.79. The summed E-state index contributed by atoms with van der Waals surface area (Å²) < 4.78 is 13.1. The van der Waals surface area contributed by atoms with Gasteiger partial charge in [0.25, 0.3) is 0 Å². The van der Waals surface area contributed by atoms with E-state index in [0.717, 1.165) is 36.1 Å². The normalized spacial score (nSPS) is 18.5. The van der Waals surface area contributed by atoms with Gasteiger partial charge in [-0.25, -0.2) is 9.18 Å². The Hall–Kier alpha value is -3.15. The zero-order valence-electron chi connectivity index (χ0n) is 15.7. The summed E-state index contributed by atoms with van der Waals surface area (Å²) >= 11 is 0. The van der Waals surface area contributed by atoms with Crippen LogP contribution in [-0.2, 0) is 11.2 Å². The fraction of sp³-hybridized carbons (Fsp3) is 0.273. The molecule has 6 heteroatoms. The number of fused-ring (bicyclic) bond motifs is 1. The Balaban J connectivity index is 1.33. The van der Waals surface area contributed by atoms with Crippen molar-refractivity contribution in [3.63, 3.8) is 0 Å². The number of benzene rings is 2. The third kappa shape index (κ3) is 3.76. The first-order valence-corrected chi connectivity index (χ1v) is 9.41. The van der Waals surface area contributed by atoms with Gasteiger partial charge in [-0.2, -0.15) is 0 Å². The van der Waals surface area contributed by atoms with E-state index in [0.29, 0.717) is 12.1 Å². The van der Waals surface area contributed by atoms with Crippen LogP contribution in [0.15, 0.2) is 48.5 Å². The highest BCUT2D eigenvalue weighted by molar-refractivity contribution is 6.01. The highest BCUT2D eigenvalue weighted by Crippen LogP contribution is 2.30. The largest absolute Gasteiger partial charge is 0.335 e. The first-order valence-electron chi connectivity index (χ1n) is 9.41. The second-order valence-corrected chi connectivity index (χ2v) is 7.28. The molecule has 28 heavy (non-hydrogen) atoms. The number of nitrogens with one attached hydrogen (secondary N) is 2. The van der Waals surface area contributed by atoms with Crippen LogP contribution in [-0.4, -0.2) is 25.0 Å². The van der Waals surface area contributed by atoms with Crippen LogP contribution in [0.4, 0.5) is 20.6 Å². The number of nitrogens with zero attached hydrogens (tertiary/aromatic N) is 1. The maximum Gasteiger partial charge on any atom is 0.319 e. The van der Waals surface area contributed by atoms with E-state index >= 15 is 0 Å². The van der Waals surface area contributed by atoms with E-state index in [1.54, 1.807) is 30.1 Å². The molecule has 1 aliphatic heterocycles. The Kier molecular flexibility index (Phi) is 4.86. The van der Waals surface area contributed by atoms with E-state index in [1.807, 2.05) is 12.1 Å². The first kappa shape index (κ1) is 18.2. The quantitative estimate of drug-likeness (QED) is 0.843. The van der Waals surface area contributed by atoms with Crippen LogP contribution >= 0.6 is 0 Å². The number of hydrogen-bond donors (Lipinski definition) is 2. The lowest BCUT2D eigenvalue weighted by Gasteiger charge is -2.23. The van der Waals surface area contributed by atoms with Crippen molar-refractivity contribution in [2.75, 3.05) is 17.3 Å². The van der Waals surface area contributed by atoms with Crippen molar-refractivity contribution in [1.82, 2.24) is 5.32 Å². The topological polar surface area (TPSA) is 61.4 Å². The summed E-state index contributed by atoms with van der Waals surface area (Å²) in [5, 5.41) is 5.86. The minimum atomic E-state index is -0.249. The number of amides is 3. The molecule has 1 heterocycles. The second-order valence-electron chi connectivity index (χ2n) is 7.28. The van der Waals surface area contributed by atoms with E-state index in [-0.39, 0.29) is 23.8 Å². The molecule has 0 saturated carbocycles. The molecule has 0 saturated heterocycles. The monoisotopic (exact) mass is 379 g/mol. The predicted octanol–water partition coefficient (Wildman–Crippen LogP) is 4.10. The molecule has 2 aromatic carbocycles. The zero-order chi connectivity index (χ0) is 19.7. The summed E-state index contributed by atoms with van der Waals surface area (Å²) in [6.07, 6.45) is 4.88. The molecule has 0 bridgehead atoms. The molecule has 144 valence electrons. The Bertz CT molecular complexity index is 953. The molecule has 1 atom stereocenters. The van der Waals surface area contributed by atoms with Crippen LogP contribution in [0.1, 0.15) is 30.4 Å². The van der Waals surface area contributed by atoms with Gasteiger partial charge < -0.3 is 15.5 Å². The number of likely N-dealkylation sites (N-methyl/N-ethyl adjacent to an activating group) is 1. The van der Waals surface area contributed by atoms with E-state index in [4.69, 9.17) is 0 Å². The maximum absolute atomic E-state index is 13.1. The highest BCUT2D eigenvalue weighted by atomic mass is 19.1. The molecule has 2 aromatic rings. The smallest absolute Gasteiger partial charge is 0.319 e. The van der Waals surface area contributed by atoms with E-state index in [2.05, 4.69) is 16.7 Å². The highest BCUT2D eigenvalue weighted by Gasteiger charge is 2.24. The lowest BCUT2D eigenvalue weighted by atomic mass is 9.91. The summed E-state index contributed by atoms with van der Waals surface area (Å²) in [6, 6.07) is 11.8. The maximum atomic E-state index is 13.1. The van der Waals surface area contributed by atoms with Crippen molar-refractivity contribution in [3.8, 4) is 0 Å². The lowest BCUT2D eigenvalue weighted by Crippen LogP contribution is -2.38. The van der Waals surface area contributed by atoms with Crippen molar-refractivity contribution in [3.05, 3.63) is 65.5 Å². The Labute approximate surface area is 163 Å². The van der Waals surface area contributed by atoms with Crippen molar-refractivity contribution in [1.29, 1.82) is 0 Å². The lowest BCUT2D eigenvalue weighted by molar-refractivity contribution is -0.117. The molecule has 0 fully saturated rings. The molecule has 2 aliphatic rings. The predicted molar refractivity (Wildman–Crippen MR) is 108 cm³/mol.